The van der Waals surface area contributed by atoms with Crippen LogP contribution in [0.25, 0.3) is 16.7 Å². The number of aromatic nitrogens is 3. The van der Waals surface area contributed by atoms with Crippen LogP contribution >= 0.6 is 7.60 Å². The molecule has 208 valence electrons. The number of benzene rings is 1. The van der Waals surface area contributed by atoms with Crippen LogP contribution in [0.15, 0.2) is 60.8 Å². The van der Waals surface area contributed by atoms with Crippen LogP contribution < -0.4 is 4.90 Å². The molecule has 2 atom stereocenters. The zero-order valence-electron chi connectivity index (χ0n) is 22.5. The van der Waals surface area contributed by atoms with E-state index < -0.39 is 7.60 Å². The van der Waals surface area contributed by atoms with E-state index in [9.17, 15) is 14.3 Å². The molecule has 0 spiro atoms. The van der Waals surface area contributed by atoms with Gasteiger partial charge in [-0.1, -0.05) is 24.3 Å². The number of Topliss-reactive ketones (excluding diaryl/α,β-unsaturated/α-hetero) is 1. The summed E-state index contributed by atoms with van der Waals surface area (Å²) < 4.78 is 25.0. The molecule has 0 radical (unpaired) electrons. The number of carbonyl (C=O) groups excluding carboxylic acids is 1. The third-order valence-corrected chi connectivity index (χ3v) is 8.06. The molecule has 39 heavy (non-hydrogen) atoms. The molecule has 4 rings (SSSR count). The van der Waals surface area contributed by atoms with Crippen molar-refractivity contribution >= 4 is 30.2 Å². The number of hydrogen-bond donors (Lipinski definition) is 2. The lowest BCUT2D eigenvalue weighted by atomic mass is 9.91. The van der Waals surface area contributed by atoms with E-state index in [0.29, 0.717) is 6.42 Å². The highest BCUT2D eigenvalue weighted by atomic mass is 31.2. The van der Waals surface area contributed by atoms with E-state index in [1.165, 1.54) is 0 Å². The van der Waals surface area contributed by atoms with Crippen LogP contribution in [0, 0.1) is 0 Å². The number of anilines is 1. The minimum atomic E-state index is -3.87. The van der Waals surface area contributed by atoms with Crippen molar-refractivity contribution < 1.29 is 28.6 Å². The van der Waals surface area contributed by atoms with Crippen LogP contribution in [0.1, 0.15) is 36.3 Å². The number of nitrogens with zero attached hydrogens (tertiary/aromatic N) is 4. The molecule has 0 bridgehead atoms. The minimum Gasteiger partial charge on any atom is -0.501 e. The van der Waals surface area contributed by atoms with Gasteiger partial charge in [-0.2, -0.15) is 0 Å². The summed E-state index contributed by atoms with van der Waals surface area (Å²) >= 11 is 0. The van der Waals surface area contributed by atoms with Gasteiger partial charge in [-0.25, -0.2) is 9.97 Å². The zero-order chi connectivity index (χ0) is 28.0. The topological polar surface area (TPSA) is 127 Å². The van der Waals surface area contributed by atoms with Crippen molar-refractivity contribution in [2.24, 2.45) is 0 Å². The first kappa shape index (κ1) is 28.7. The Balaban J connectivity index is 1.52. The molecular formula is C28H35N4O6P. The molecule has 0 fully saturated rings. The van der Waals surface area contributed by atoms with Gasteiger partial charge in [0.25, 0.3) is 0 Å². The molecule has 0 saturated carbocycles. The smallest absolute Gasteiger partial charge is 0.328 e. The van der Waals surface area contributed by atoms with Gasteiger partial charge in [-0.3, -0.25) is 9.36 Å². The standard InChI is InChI=1S/C28H35N4O6P/c1-31(2)27-26-25(21-5-4-6-24(17-21)37-3)18-32(28(26)30-19-29-27)22-9-7-20(8-10-22)12-15-38-39(35,36)16-13-23(34)11-14-33/h4-10,18-19,21,33H,11-17H2,1-3H3,(H,35,36). The van der Waals surface area contributed by atoms with Gasteiger partial charge in [0.05, 0.1) is 31.0 Å². The summed E-state index contributed by atoms with van der Waals surface area (Å²) in [4.78, 5) is 32.7. The van der Waals surface area contributed by atoms with Crippen LogP contribution in [-0.2, 0) is 25.0 Å². The molecule has 2 heterocycles. The van der Waals surface area contributed by atoms with Crippen LogP contribution in [0.3, 0.4) is 0 Å². The Morgan fingerprint density at radius 2 is 1.97 bits per heavy atom. The Morgan fingerprint density at radius 1 is 1.21 bits per heavy atom. The number of rotatable bonds is 13. The second-order valence-electron chi connectivity index (χ2n) is 9.65. The molecule has 1 aliphatic rings. The van der Waals surface area contributed by atoms with Gasteiger partial charge in [0.2, 0.25) is 0 Å². The monoisotopic (exact) mass is 554 g/mol. The lowest BCUT2D eigenvalue weighted by Gasteiger charge is -2.19. The van der Waals surface area contributed by atoms with E-state index in [4.69, 9.17) is 14.4 Å². The van der Waals surface area contributed by atoms with Gasteiger partial charge in [0, 0.05) is 57.8 Å². The van der Waals surface area contributed by atoms with E-state index in [2.05, 4.69) is 26.8 Å². The maximum Gasteiger partial charge on any atom is 0.328 e. The third kappa shape index (κ3) is 7.02. The number of fused-ring (bicyclic) bond motifs is 1. The van der Waals surface area contributed by atoms with Crippen LogP contribution in [0.4, 0.5) is 5.82 Å². The predicted octanol–water partition coefficient (Wildman–Crippen LogP) is 4.15. The number of aliphatic hydroxyl groups excluding tert-OH is 1. The summed E-state index contributed by atoms with van der Waals surface area (Å²) in [6.45, 7) is -0.209. The van der Waals surface area contributed by atoms with Gasteiger partial charge in [0.15, 0.2) is 0 Å². The second-order valence-corrected chi connectivity index (χ2v) is 11.6. The molecule has 11 heteroatoms. The molecule has 0 aliphatic heterocycles. The Labute approximate surface area is 228 Å². The molecule has 10 nitrogen and oxygen atoms in total. The minimum absolute atomic E-state index is 0.0182. The van der Waals surface area contributed by atoms with Crippen molar-refractivity contribution in [2.45, 2.75) is 31.6 Å². The predicted molar refractivity (Wildman–Crippen MR) is 150 cm³/mol. The number of ether oxygens (including phenoxy) is 1. The molecule has 0 amide bonds. The number of methoxy groups -OCH3 is 1. The molecular weight excluding hydrogens is 519 g/mol. The SMILES string of the molecule is COC1=CC=CC(c2cn(-c3ccc(CCOP(=O)(O)CCC(=O)CCO)cc3)c3ncnc(N(C)C)c23)C1. The maximum atomic E-state index is 12.2. The molecule has 0 saturated heterocycles. The summed E-state index contributed by atoms with van der Waals surface area (Å²) in [7, 11) is 1.76. The van der Waals surface area contributed by atoms with Crippen molar-refractivity contribution in [1.82, 2.24) is 14.5 Å². The van der Waals surface area contributed by atoms with E-state index in [1.54, 1.807) is 13.4 Å². The quantitative estimate of drug-likeness (QED) is 0.300. The fourth-order valence-electron chi connectivity index (χ4n) is 4.61. The summed E-state index contributed by atoms with van der Waals surface area (Å²) in [5.74, 6) is 1.62. The molecule has 1 aliphatic carbocycles. The number of allylic oxidation sites excluding steroid dienone is 4. The molecule has 1 aromatic carbocycles. The zero-order valence-corrected chi connectivity index (χ0v) is 23.4. The Hall–Kier alpha value is -3.30. The summed E-state index contributed by atoms with van der Waals surface area (Å²) in [5, 5.41) is 9.78. The molecule has 3 aromatic rings. The summed E-state index contributed by atoms with van der Waals surface area (Å²) in [5.41, 5.74) is 3.79. The summed E-state index contributed by atoms with van der Waals surface area (Å²) in [6, 6.07) is 7.88. The largest absolute Gasteiger partial charge is 0.501 e. The highest BCUT2D eigenvalue weighted by Gasteiger charge is 2.24. The number of ketones is 1. The first-order valence-electron chi connectivity index (χ1n) is 12.8. The van der Waals surface area contributed by atoms with Crippen molar-refractivity contribution in [3.8, 4) is 5.69 Å². The van der Waals surface area contributed by atoms with Crippen molar-refractivity contribution in [3.05, 3.63) is 71.9 Å². The molecule has 2 aromatic heterocycles. The highest BCUT2D eigenvalue weighted by molar-refractivity contribution is 7.52. The Bertz CT molecular complexity index is 1410. The molecule has 2 N–H and O–H groups in total. The maximum absolute atomic E-state index is 12.2. The first-order valence-corrected chi connectivity index (χ1v) is 14.6. The lowest BCUT2D eigenvalue weighted by Crippen LogP contribution is -2.12. The van der Waals surface area contributed by atoms with Crippen molar-refractivity contribution in [3.63, 3.8) is 0 Å². The summed E-state index contributed by atoms with van der Waals surface area (Å²) in [6.07, 6.45) is 10.7. The van der Waals surface area contributed by atoms with Crippen LogP contribution in [0.2, 0.25) is 0 Å². The second kappa shape index (κ2) is 12.7. The molecule has 2 unspecified atom stereocenters. The third-order valence-electron chi connectivity index (χ3n) is 6.69. The number of carbonyl (C=O) groups is 1. The lowest BCUT2D eigenvalue weighted by molar-refractivity contribution is -0.119. The van der Waals surface area contributed by atoms with Gasteiger partial charge in [-0.05, 0) is 35.8 Å². The van der Waals surface area contributed by atoms with Gasteiger partial charge in [-0.15, -0.1) is 0 Å². The van der Waals surface area contributed by atoms with Crippen LogP contribution in [-0.4, -0.2) is 70.9 Å². The van der Waals surface area contributed by atoms with Crippen molar-refractivity contribution in [2.75, 3.05) is 45.5 Å². The van der Waals surface area contributed by atoms with Gasteiger partial charge >= 0.3 is 7.60 Å². The fourth-order valence-corrected chi connectivity index (χ4v) is 5.65. The van der Waals surface area contributed by atoms with E-state index in [1.807, 2.05) is 55.4 Å². The van der Waals surface area contributed by atoms with E-state index in [-0.39, 0.29) is 43.9 Å². The van der Waals surface area contributed by atoms with Crippen molar-refractivity contribution in [1.29, 1.82) is 0 Å². The van der Waals surface area contributed by atoms with E-state index >= 15 is 0 Å². The normalized spacial score (nSPS) is 16.6. The highest BCUT2D eigenvalue weighted by Crippen LogP contribution is 2.42. The average Bonchev–Trinajstić information content (AvgIpc) is 3.32. The number of aliphatic hydroxyl groups is 1. The first-order chi connectivity index (χ1) is 18.7. The van der Waals surface area contributed by atoms with Gasteiger partial charge < -0.3 is 28.7 Å². The fraction of sp³-hybridized carbons (Fsp3) is 0.393. The Morgan fingerprint density at radius 3 is 2.67 bits per heavy atom. The number of hydrogen-bond acceptors (Lipinski definition) is 8. The van der Waals surface area contributed by atoms with E-state index in [0.717, 1.165) is 45.8 Å². The Kier molecular flexibility index (Phi) is 9.35. The van der Waals surface area contributed by atoms with Crippen LogP contribution in [0.5, 0.6) is 0 Å². The average molecular weight is 555 g/mol. The van der Waals surface area contributed by atoms with Gasteiger partial charge in [0.1, 0.15) is 23.6 Å².